The van der Waals surface area contributed by atoms with Crippen LogP contribution < -0.4 is 10.1 Å². The first-order valence-electron chi connectivity index (χ1n) is 11.5. The smallest absolute Gasteiger partial charge is 0.336 e. The fourth-order valence-electron chi connectivity index (χ4n) is 4.73. The summed E-state index contributed by atoms with van der Waals surface area (Å²) in [5.41, 5.74) is 5.54. The topological polar surface area (TPSA) is 64.6 Å². The van der Waals surface area contributed by atoms with Gasteiger partial charge in [-0.15, -0.1) is 0 Å². The van der Waals surface area contributed by atoms with E-state index < -0.39 is 11.9 Å². The highest BCUT2D eigenvalue weighted by Gasteiger charge is 2.44. The molecule has 1 N–H and O–H groups in total. The van der Waals surface area contributed by atoms with Crippen LogP contribution in [0.2, 0.25) is 0 Å². The third-order valence-electron chi connectivity index (χ3n) is 6.26. The zero-order valence-corrected chi connectivity index (χ0v) is 21.0. The number of halogens is 1. The van der Waals surface area contributed by atoms with Crippen LogP contribution in [0, 0.1) is 0 Å². The number of carbonyl (C=O) groups excluding carboxylic acids is 2. The van der Waals surface area contributed by atoms with Crippen molar-refractivity contribution in [2.75, 3.05) is 6.61 Å². The standard InChI is InChI=1S/C29H24BrNO4/c1-3-34-29(33)24-17(2)31-27-20-11-7-8-12-21(20)28(32)26(27)25(24)22-15-19(30)13-14-23(22)35-16-18-9-5-4-6-10-18/h4-15,25,31H,3,16H2,1-2H3/t25-/m0/s1. The summed E-state index contributed by atoms with van der Waals surface area (Å²) in [4.78, 5) is 26.9. The molecule has 35 heavy (non-hydrogen) atoms. The molecule has 176 valence electrons. The number of benzene rings is 3. The van der Waals surface area contributed by atoms with Crippen LogP contribution in [0.15, 0.2) is 94.1 Å². The van der Waals surface area contributed by atoms with Crippen LogP contribution in [0.5, 0.6) is 5.75 Å². The largest absolute Gasteiger partial charge is 0.489 e. The molecular formula is C29H24BrNO4. The maximum absolute atomic E-state index is 13.7. The van der Waals surface area contributed by atoms with Gasteiger partial charge < -0.3 is 14.8 Å². The van der Waals surface area contributed by atoms with Crippen molar-refractivity contribution in [2.45, 2.75) is 26.4 Å². The van der Waals surface area contributed by atoms with Gasteiger partial charge >= 0.3 is 5.97 Å². The predicted octanol–water partition coefficient (Wildman–Crippen LogP) is 6.16. The van der Waals surface area contributed by atoms with E-state index in [1.807, 2.05) is 79.7 Å². The van der Waals surface area contributed by atoms with Gasteiger partial charge in [0.25, 0.3) is 0 Å². The van der Waals surface area contributed by atoms with Gasteiger partial charge in [-0.25, -0.2) is 4.79 Å². The van der Waals surface area contributed by atoms with Gasteiger partial charge in [-0.05, 0) is 37.6 Å². The van der Waals surface area contributed by atoms with Gasteiger partial charge in [0.1, 0.15) is 12.4 Å². The van der Waals surface area contributed by atoms with Crippen molar-refractivity contribution in [3.63, 3.8) is 0 Å². The zero-order valence-electron chi connectivity index (χ0n) is 19.4. The molecule has 0 saturated heterocycles. The highest BCUT2D eigenvalue weighted by atomic mass is 79.9. The number of Topliss-reactive ketones (excluding diaryl/α,β-unsaturated/α-hetero) is 1. The highest BCUT2D eigenvalue weighted by Crippen LogP contribution is 2.49. The Morgan fingerprint density at radius 2 is 1.71 bits per heavy atom. The van der Waals surface area contributed by atoms with Crippen molar-refractivity contribution in [2.24, 2.45) is 0 Å². The quantitative estimate of drug-likeness (QED) is 0.387. The van der Waals surface area contributed by atoms with E-state index in [2.05, 4.69) is 21.2 Å². The van der Waals surface area contributed by atoms with Crippen molar-refractivity contribution in [1.82, 2.24) is 5.32 Å². The Kier molecular flexibility index (Phi) is 6.31. The minimum atomic E-state index is -0.645. The minimum absolute atomic E-state index is 0.101. The summed E-state index contributed by atoms with van der Waals surface area (Å²) < 4.78 is 12.5. The summed E-state index contributed by atoms with van der Waals surface area (Å²) in [7, 11) is 0. The number of hydrogen-bond donors (Lipinski definition) is 1. The van der Waals surface area contributed by atoms with E-state index in [1.165, 1.54) is 0 Å². The van der Waals surface area contributed by atoms with Gasteiger partial charge in [-0.2, -0.15) is 0 Å². The number of fused-ring (bicyclic) bond motifs is 2. The Morgan fingerprint density at radius 1 is 1.00 bits per heavy atom. The molecular weight excluding hydrogens is 506 g/mol. The summed E-state index contributed by atoms with van der Waals surface area (Å²) in [6.07, 6.45) is 0. The number of ether oxygens (including phenoxy) is 2. The summed E-state index contributed by atoms with van der Waals surface area (Å²) in [5, 5.41) is 3.33. The maximum atomic E-state index is 13.7. The van der Waals surface area contributed by atoms with Crippen LogP contribution in [-0.2, 0) is 16.1 Å². The number of carbonyl (C=O) groups is 2. The van der Waals surface area contributed by atoms with Crippen LogP contribution in [0.3, 0.4) is 0 Å². The van der Waals surface area contributed by atoms with Crippen molar-refractivity contribution >= 4 is 33.4 Å². The van der Waals surface area contributed by atoms with E-state index in [4.69, 9.17) is 9.47 Å². The molecule has 1 aliphatic carbocycles. The molecule has 0 amide bonds. The van der Waals surface area contributed by atoms with Crippen LogP contribution in [0.1, 0.15) is 46.8 Å². The second-order valence-electron chi connectivity index (χ2n) is 8.44. The molecule has 2 aliphatic rings. The van der Waals surface area contributed by atoms with Gasteiger partial charge in [0.05, 0.1) is 23.8 Å². The monoisotopic (exact) mass is 529 g/mol. The molecule has 5 rings (SSSR count). The molecule has 0 radical (unpaired) electrons. The number of esters is 1. The van der Waals surface area contributed by atoms with Crippen LogP contribution in [0.25, 0.3) is 5.70 Å². The third-order valence-corrected chi connectivity index (χ3v) is 6.76. The van der Waals surface area contributed by atoms with Gasteiger partial charge in [-0.1, -0.05) is 70.5 Å². The van der Waals surface area contributed by atoms with E-state index in [-0.39, 0.29) is 12.4 Å². The average Bonchev–Trinajstić information content (AvgIpc) is 3.14. The molecule has 3 aromatic carbocycles. The van der Waals surface area contributed by atoms with Crippen LogP contribution in [-0.4, -0.2) is 18.4 Å². The lowest BCUT2D eigenvalue weighted by Gasteiger charge is -2.30. The molecule has 6 heteroatoms. The van der Waals surface area contributed by atoms with E-state index in [9.17, 15) is 9.59 Å². The van der Waals surface area contributed by atoms with E-state index >= 15 is 0 Å². The second-order valence-corrected chi connectivity index (χ2v) is 9.35. The van der Waals surface area contributed by atoms with Gasteiger partial charge in [-0.3, -0.25) is 4.79 Å². The van der Waals surface area contributed by atoms with E-state index in [0.29, 0.717) is 34.8 Å². The fourth-order valence-corrected chi connectivity index (χ4v) is 5.11. The summed E-state index contributed by atoms with van der Waals surface area (Å²) in [5.74, 6) is -0.592. The lowest BCUT2D eigenvalue weighted by Crippen LogP contribution is -2.29. The Balaban J connectivity index is 1.66. The van der Waals surface area contributed by atoms with Crippen molar-refractivity contribution < 1.29 is 19.1 Å². The number of dihydropyridines is 1. The summed E-state index contributed by atoms with van der Waals surface area (Å²) in [6, 6.07) is 23.1. The Bertz CT molecular complexity index is 1390. The summed E-state index contributed by atoms with van der Waals surface area (Å²) >= 11 is 3.57. The first-order valence-corrected chi connectivity index (χ1v) is 12.3. The minimum Gasteiger partial charge on any atom is -0.489 e. The van der Waals surface area contributed by atoms with Crippen molar-refractivity contribution in [3.05, 3.63) is 116 Å². The number of allylic oxidation sites excluding steroid dienone is 2. The second kappa shape index (κ2) is 9.55. The molecule has 0 spiro atoms. The SMILES string of the molecule is CCOC(=O)C1=C(C)NC2=C(C(=O)c3ccccc32)[C@H]1c1cc(Br)ccc1OCc1ccccc1. The number of rotatable bonds is 6. The van der Waals surface area contributed by atoms with Crippen LogP contribution in [0.4, 0.5) is 0 Å². The maximum Gasteiger partial charge on any atom is 0.336 e. The fraction of sp³-hybridized carbons (Fsp3) is 0.172. The Hall–Kier alpha value is -3.64. The Morgan fingerprint density at radius 3 is 2.46 bits per heavy atom. The molecule has 5 nitrogen and oxygen atoms in total. The molecule has 3 aromatic rings. The highest BCUT2D eigenvalue weighted by molar-refractivity contribution is 9.10. The van der Waals surface area contributed by atoms with Gasteiger partial charge in [0.15, 0.2) is 5.78 Å². The van der Waals surface area contributed by atoms with Gasteiger partial charge in [0, 0.05) is 32.4 Å². The molecule has 0 bridgehead atoms. The Labute approximate surface area is 212 Å². The molecule has 0 aromatic heterocycles. The first-order chi connectivity index (χ1) is 17.0. The zero-order chi connectivity index (χ0) is 24.5. The predicted molar refractivity (Wildman–Crippen MR) is 138 cm³/mol. The molecule has 0 fully saturated rings. The summed E-state index contributed by atoms with van der Waals surface area (Å²) in [6.45, 7) is 4.21. The molecule has 0 unspecified atom stereocenters. The molecule has 1 aliphatic heterocycles. The lowest BCUT2D eigenvalue weighted by atomic mass is 9.79. The normalized spacial score (nSPS) is 16.5. The first kappa shape index (κ1) is 23.1. The van der Waals surface area contributed by atoms with Crippen molar-refractivity contribution in [3.8, 4) is 5.75 Å². The van der Waals surface area contributed by atoms with Crippen LogP contribution >= 0.6 is 15.9 Å². The third kappa shape index (κ3) is 4.19. The molecule has 0 saturated carbocycles. The van der Waals surface area contributed by atoms with Crippen molar-refractivity contribution in [1.29, 1.82) is 0 Å². The van der Waals surface area contributed by atoms with E-state index in [1.54, 1.807) is 6.92 Å². The molecule has 1 heterocycles. The number of ketones is 1. The lowest BCUT2D eigenvalue weighted by molar-refractivity contribution is -0.138. The van der Waals surface area contributed by atoms with Gasteiger partial charge in [0.2, 0.25) is 0 Å². The number of nitrogens with one attached hydrogen (secondary N) is 1. The van der Waals surface area contributed by atoms with E-state index in [0.717, 1.165) is 26.9 Å². The average molecular weight is 530 g/mol. The number of hydrogen-bond acceptors (Lipinski definition) is 5. The molecule has 1 atom stereocenters.